The Balaban J connectivity index is 1.57. The van der Waals surface area contributed by atoms with Crippen LogP contribution in [0.2, 0.25) is 0 Å². The van der Waals surface area contributed by atoms with Crippen molar-refractivity contribution in [2.24, 2.45) is 0 Å². The number of nitrogens with zero attached hydrogens (tertiary/aromatic N) is 4. The number of para-hydroxylation sites is 1. The van der Waals surface area contributed by atoms with E-state index in [0.29, 0.717) is 0 Å². The summed E-state index contributed by atoms with van der Waals surface area (Å²) in [6.45, 7) is 1.77. The monoisotopic (exact) mass is 267 g/mol. The molecule has 1 N–H and O–H groups in total. The van der Waals surface area contributed by atoms with Crippen LogP contribution in [0.15, 0.2) is 61.2 Å². The lowest BCUT2D eigenvalue weighted by atomic mass is 10.3. The number of benzene rings is 1. The molecule has 0 aliphatic carbocycles. The molecule has 0 atom stereocenters. The van der Waals surface area contributed by atoms with Crippen LogP contribution in [0.5, 0.6) is 0 Å². The first kappa shape index (κ1) is 12.5. The maximum atomic E-state index is 4.36. The summed E-state index contributed by atoms with van der Waals surface area (Å²) >= 11 is 0. The quantitative estimate of drug-likeness (QED) is 0.698. The largest absolute Gasteiger partial charge is 0.355 e. The highest BCUT2D eigenvalue weighted by Gasteiger charge is 2.03. The van der Waals surface area contributed by atoms with Crippen LogP contribution in [0.3, 0.4) is 0 Å². The standard InChI is InChI=1S/C15H17N5/c1-2-6-14(7-3-1)20-13-10-17-15(20)16-8-4-11-19-12-5-9-18-19/h1-3,5-7,9-10,12-13H,4,8,11H2,(H,16,17). The van der Waals surface area contributed by atoms with Crippen LogP contribution >= 0.6 is 0 Å². The summed E-state index contributed by atoms with van der Waals surface area (Å²) in [5, 5.41) is 7.55. The maximum Gasteiger partial charge on any atom is 0.207 e. The topological polar surface area (TPSA) is 47.7 Å². The normalized spacial score (nSPS) is 10.6. The van der Waals surface area contributed by atoms with Crippen LogP contribution in [0.1, 0.15) is 6.42 Å². The molecule has 3 rings (SSSR count). The summed E-state index contributed by atoms with van der Waals surface area (Å²) < 4.78 is 3.99. The van der Waals surface area contributed by atoms with Crippen molar-refractivity contribution in [1.82, 2.24) is 19.3 Å². The number of anilines is 1. The average molecular weight is 267 g/mol. The second-order valence-corrected chi connectivity index (χ2v) is 4.51. The van der Waals surface area contributed by atoms with Crippen LogP contribution in [0.25, 0.3) is 5.69 Å². The minimum atomic E-state index is 0.865. The minimum absolute atomic E-state index is 0.865. The molecule has 2 heterocycles. The predicted molar refractivity (Wildman–Crippen MR) is 78.9 cm³/mol. The molecule has 5 heteroatoms. The first-order valence-electron chi connectivity index (χ1n) is 6.73. The first-order chi connectivity index (χ1) is 9.93. The summed E-state index contributed by atoms with van der Waals surface area (Å²) in [6.07, 6.45) is 8.55. The van der Waals surface area contributed by atoms with Crippen LogP contribution in [0.4, 0.5) is 5.95 Å². The molecular formula is C15H17N5. The molecule has 2 aromatic heterocycles. The van der Waals surface area contributed by atoms with Gasteiger partial charge in [-0.2, -0.15) is 5.10 Å². The number of hydrogen-bond donors (Lipinski definition) is 1. The molecule has 0 aliphatic heterocycles. The molecule has 0 aliphatic rings. The Morgan fingerprint density at radius 3 is 2.70 bits per heavy atom. The molecule has 3 aromatic rings. The van der Waals surface area contributed by atoms with Crippen molar-refractivity contribution in [2.45, 2.75) is 13.0 Å². The van der Waals surface area contributed by atoms with Crippen LogP contribution < -0.4 is 5.32 Å². The summed E-state index contributed by atoms with van der Waals surface area (Å²) in [5.74, 6) is 0.872. The van der Waals surface area contributed by atoms with Crippen LogP contribution in [0, 0.1) is 0 Å². The van der Waals surface area contributed by atoms with Crippen molar-refractivity contribution >= 4 is 5.95 Å². The van der Waals surface area contributed by atoms with Gasteiger partial charge >= 0.3 is 0 Å². The molecule has 0 amide bonds. The number of rotatable bonds is 6. The number of imidazole rings is 1. The van der Waals surface area contributed by atoms with Crippen molar-refractivity contribution in [3.05, 3.63) is 61.2 Å². The Morgan fingerprint density at radius 2 is 1.90 bits per heavy atom. The molecular weight excluding hydrogens is 250 g/mol. The zero-order chi connectivity index (χ0) is 13.6. The third-order valence-corrected chi connectivity index (χ3v) is 3.08. The van der Waals surface area contributed by atoms with Crippen molar-refractivity contribution in [3.8, 4) is 5.69 Å². The molecule has 0 saturated carbocycles. The summed E-state index contributed by atoms with van der Waals surface area (Å²) in [5.41, 5.74) is 1.11. The Labute approximate surface area is 117 Å². The molecule has 0 radical (unpaired) electrons. The third kappa shape index (κ3) is 2.88. The molecule has 1 aromatic carbocycles. The van der Waals surface area contributed by atoms with Crippen molar-refractivity contribution in [2.75, 3.05) is 11.9 Å². The fourth-order valence-electron chi connectivity index (χ4n) is 2.11. The van der Waals surface area contributed by atoms with Crippen LogP contribution in [-0.4, -0.2) is 25.9 Å². The molecule has 0 unspecified atom stereocenters. The molecule has 0 bridgehead atoms. The van der Waals surface area contributed by atoms with E-state index in [1.54, 1.807) is 6.20 Å². The highest BCUT2D eigenvalue weighted by molar-refractivity contribution is 5.41. The average Bonchev–Trinajstić information content (AvgIpc) is 3.16. The SMILES string of the molecule is c1ccc(-n2ccnc2NCCCn2cccn2)cc1. The van der Waals surface area contributed by atoms with E-state index in [4.69, 9.17) is 0 Å². The Hall–Kier alpha value is -2.56. The number of aromatic nitrogens is 4. The van der Waals surface area contributed by atoms with Gasteiger partial charge in [0.2, 0.25) is 5.95 Å². The van der Waals surface area contributed by atoms with Gasteiger partial charge in [0.1, 0.15) is 0 Å². The van der Waals surface area contributed by atoms with E-state index < -0.39 is 0 Å². The van der Waals surface area contributed by atoms with E-state index >= 15 is 0 Å². The van der Waals surface area contributed by atoms with Gasteiger partial charge in [-0.15, -0.1) is 0 Å². The van der Waals surface area contributed by atoms with Gasteiger partial charge in [0.05, 0.1) is 0 Å². The molecule has 0 spiro atoms. The third-order valence-electron chi connectivity index (χ3n) is 3.08. The Bertz CT molecular complexity index is 627. The second-order valence-electron chi connectivity index (χ2n) is 4.51. The van der Waals surface area contributed by atoms with Crippen molar-refractivity contribution in [1.29, 1.82) is 0 Å². The zero-order valence-corrected chi connectivity index (χ0v) is 11.2. The smallest absolute Gasteiger partial charge is 0.207 e. The Morgan fingerprint density at radius 1 is 1.00 bits per heavy atom. The zero-order valence-electron chi connectivity index (χ0n) is 11.2. The summed E-state index contributed by atoms with van der Waals surface area (Å²) in [6, 6.07) is 12.1. The van der Waals surface area contributed by atoms with E-state index in [1.165, 1.54) is 0 Å². The van der Waals surface area contributed by atoms with Gasteiger partial charge in [0.15, 0.2) is 0 Å². The van der Waals surface area contributed by atoms with E-state index in [1.807, 2.05) is 52.1 Å². The van der Waals surface area contributed by atoms with Gasteiger partial charge < -0.3 is 5.32 Å². The predicted octanol–water partition coefficient (Wildman–Crippen LogP) is 2.57. The fourth-order valence-corrected chi connectivity index (χ4v) is 2.11. The molecule has 0 fully saturated rings. The molecule has 20 heavy (non-hydrogen) atoms. The van der Waals surface area contributed by atoms with Gasteiger partial charge in [0, 0.05) is 43.6 Å². The molecule has 102 valence electrons. The fraction of sp³-hybridized carbons (Fsp3) is 0.200. The van der Waals surface area contributed by atoms with Crippen LogP contribution in [-0.2, 0) is 6.54 Å². The van der Waals surface area contributed by atoms with Gasteiger partial charge in [-0.3, -0.25) is 9.25 Å². The Kier molecular flexibility index (Phi) is 3.78. The van der Waals surface area contributed by atoms with Gasteiger partial charge in [-0.05, 0) is 24.6 Å². The number of nitrogens with one attached hydrogen (secondary N) is 1. The van der Waals surface area contributed by atoms with Gasteiger partial charge in [0.25, 0.3) is 0 Å². The molecule has 0 saturated heterocycles. The maximum absolute atomic E-state index is 4.36. The van der Waals surface area contributed by atoms with E-state index in [-0.39, 0.29) is 0 Å². The van der Waals surface area contributed by atoms with Crippen molar-refractivity contribution < 1.29 is 0 Å². The highest BCUT2D eigenvalue weighted by atomic mass is 15.3. The van der Waals surface area contributed by atoms with Crippen molar-refractivity contribution in [3.63, 3.8) is 0 Å². The van der Waals surface area contributed by atoms with E-state index in [2.05, 4.69) is 27.5 Å². The highest BCUT2D eigenvalue weighted by Crippen LogP contribution is 2.13. The van der Waals surface area contributed by atoms with E-state index in [0.717, 1.165) is 31.1 Å². The first-order valence-corrected chi connectivity index (χ1v) is 6.73. The number of hydrogen-bond acceptors (Lipinski definition) is 3. The minimum Gasteiger partial charge on any atom is -0.355 e. The lowest BCUT2D eigenvalue weighted by molar-refractivity contribution is 0.591. The van der Waals surface area contributed by atoms with Gasteiger partial charge in [-0.1, -0.05) is 18.2 Å². The van der Waals surface area contributed by atoms with E-state index in [9.17, 15) is 0 Å². The summed E-state index contributed by atoms with van der Waals surface area (Å²) in [4.78, 5) is 4.36. The lowest BCUT2D eigenvalue weighted by Crippen LogP contribution is -2.10. The number of aryl methyl sites for hydroxylation is 1. The summed E-state index contributed by atoms with van der Waals surface area (Å²) in [7, 11) is 0. The molecule has 5 nitrogen and oxygen atoms in total. The second kappa shape index (κ2) is 6.06. The lowest BCUT2D eigenvalue weighted by Gasteiger charge is -2.09. The van der Waals surface area contributed by atoms with Gasteiger partial charge in [-0.25, -0.2) is 4.98 Å².